The second-order valence-electron chi connectivity index (χ2n) is 10.2. The Balaban J connectivity index is 1.47. The summed E-state index contributed by atoms with van der Waals surface area (Å²) in [6.07, 6.45) is 2.54. The SMILES string of the molecule is Cc1ccc([C@@H](C(=O)NC[C@@H]2CCCO2)N(CCc2ccccc2C)C(=O)Cn2nnc3ccccc32)cc1. The average Bonchev–Trinajstić information content (AvgIpc) is 3.62. The maximum absolute atomic E-state index is 14.0. The van der Waals surface area contributed by atoms with Gasteiger partial charge in [-0.1, -0.05) is 71.4 Å². The zero-order valence-electron chi connectivity index (χ0n) is 22.5. The molecule has 4 aromatic rings. The van der Waals surface area contributed by atoms with E-state index < -0.39 is 6.04 Å². The van der Waals surface area contributed by atoms with Gasteiger partial charge in [-0.2, -0.15) is 0 Å². The molecule has 0 spiro atoms. The minimum absolute atomic E-state index is 0.00486. The van der Waals surface area contributed by atoms with Crippen LogP contribution in [0.5, 0.6) is 0 Å². The summed E-state index contributed by atoms with van der Waals surface area (Å²) < 4.78 is 7.33. The van der Waals surface area contributed by atoms with Crippen molar-refractivity contribution in [2.45, 2.75) is 51.8 Å². The average molecular weight is 526 g/mol. The standard InChI is InChI=1S/C31H35N5O3/c1-22-13-15-25(16-14-22)30(31(38)32-20-26-10-7-19-39-26)35(18-17-24-9-4-3-8-23(24)2)29(37)21-36-28-12-6-5-11-27(28)33-34-36/h3-6,8-9,11-16,26,30H,7,10,17-21H2,1-2H3,(H,32,38)/t26-,30-/m0/s1. The Morgan fingerprint density at radius 2 is 1.82 bits per heavy atom. The Hall–Kier alpha value is -4.04. The highest BCUT2D eigenvalue weighted by atomic mass is 16.5. The van der Waals surface area contributed by atoms with E-state index in [0.29, 0.717) is 19.5 Å². The van der Waals surface area contributed by atoms with Crippen molar-refractivity contribution in [1.29, 1.82) is 0 Å². The van der Waals surface area contributed by atoms with Gasteiger partial charge < -0.3 is 15.0 Å². The first-order valence-corrected chi connectivity index (χ1v) is 13.6. The van der Waals surface area contributed by atoms with Gasteiger partial charge in [0.25, 0.3) is 0 Å². The summed E-state index contributed by atoms with van der Waals surface area (Å²) in [4.78, 5) is 29.6. The highest BCUT2D eigenvalue weighted by Gasteiger charge is 2.32. The fourth-order valence-electron chi connectivity index (χ4n) is 5.12. The van der Waals surface area contributed by atoms with Gasteiger partial charge in [-0.25, -0.2) is 4.68 Å². The first kappa shape index (κ1) is 26.6. The molecule has 0 radical (unpaired) electrons. The Bertz CT molecular complexity index is 1430. The molecule has 2 heterocycles. The number of hydrogen-bond acceptors (Lipinski definition) is 5. The molecule has 0 unspecified atom stereocenters. The van der Waals surface area contributed by atoms with Crippen LogP contribution < -0.4 is 5.32 Å². The van der Waals surface area contributed by atoms with Crippen molar-refractivity contribution in [3.63, 3.8) is 0 Å². The lowest BCUT2D eigenvalue weighted by Crippen LogP contribution is -2.47. The Labute approximate surface area is 229 Å². The van der Waals surface area contributed by atoms with Gasteiger partial charge in [0, 0.05) is 19.7 Å². The Morgan fingerprint density at radius 1 is 1.05 bits per heavy atom. The van der Waals surface area contributed by atoms with Gasteiger partial charge >= 0.3 is 0 Å². The highest BCUT2D eigenvalue weighted by Crippen LogP contribution is 2.25. The van der Waals surface area contributed by atoms with Crippen LogP contribution in [0.2, 0.25) is 0 Å². The van der Waals surface area contributed by atoms with Crippen LogP contribution in [0.25, 0.3) is 11.0 Å². The van der Waals surface area contributed by atoms with Crippen LogP contribution in [-0.2, 0) is 27.3 Å². The van der Waals surface area contributed by atoms with Gasteiger partial charge in [0.1, 0.15) is 18.1 Å². The van der Waals surface area contributed by atoms with E-state index in [1.807, 2.05) is 67.6 Å². The van der Waals surface area contributed by atoms with Crippen molar-refractivity contribution in [3.05, 3.63) is 95.1 Å². The van der Waals surface area contributed by atoms with Crippen LogP contribution in [0.3, 0.4) is 0 Å². The number of fused-ring (bicyclic) bond motifs is 1. The molecule has 0 aliphatic carbocycles. The number of ether oxygens (including phenoxy) is 1. The van der Waals surface area contributed by atoms with Crippen molar-refractivity contribution >= 4 is 22.8 Å². The summed E-state index contributed by atoms with van der Waals surface area (Å²) in [5.41, 5.74) is 5.66. The minimum atomic E-state index is -0.793. The lowest BCUT2D eigenvalue weighted by atomic mass is 10.0. The number of amides is 2. The number of benzene rings is 3. The minimum Gasteiger partial charge on any atom is -0.376 e. The van der Waals surface area contributed by atoms with Gasteiger partial charge in [0.05, 0.1) is 11.6 Å². The number of nitrogens with zero attached hydrogens (tertiary/aromatic N) is 4. The molecule has 1 fully saturated rings. The molecule has 0 bridgehead atoms. The third kappa shape index (κ3) is 6.34. The van der Waals surface area contributed by atoms with E-state index in [-0.39, 0.29) is 24.5 Å². The molecule has 3 aromatic carbocycles. The molecule has 8 heteroatoms. The normalized spacial score (nSPS) is 15.8. The molecule has 5 rings (SSSR count). The first-order chi connectivity index (χ1) is 19.0. The molecule has 1 saturated heterocycles. The Kier molecular flexibility index (Phi) is 8.32. The third-order valence-corrected chi connectivity index (χ3v) is 7.39. The molecular formula is C31H35N5O3. The molecule has 39 heavy (non-hydrogen) atoms. The number of carbonyl (C=O) groups excluding carboxylic acids is 2. The van der Waals surface area contributed by atoms with Crippen LogP contribution in [0.15, 0.2) is 72.8 Å². The van der Waals surface area contributed by atoms with E-state index in [9.17, 15) is 9.59 Å². The van der Waals surface area contributed by atoms with Crippen LogP contribution in [0.1, 0.15) is 41.1 Å². The smallest absolute Gasteiger partial charge is 0.247 e. The van der Waals surface area contributed by atoms with Crippen molar-refractivity contribution in [1.82, 2.24) is 25.2 Å². The summed E-state index contributed by atoms with van der Waals surface area (Å²) >= 11 is 0. The number of aryl methyl sites for hydroxylation is 2. The van der Waals surface area contributed by atoms with Crippen molar-refractivity contribution in [3.8, 4) is 0 Å². The number of aromatic nitrogens is 3. The van der Waals surface area contributed by atoms with E-state index in [1.54, 1.807) is 9.58 Å². The second-order valence-corrected chi connectivity index (χ2v) is 10.2. The molecule has 2 amide bonds. The van der Waals surface area contributed by atoms with Gasteiger partial charge in [-0.3, -0.25) is 9.59 Å². The molecule has 0 saturated carbocycles. The highest BCUT2D eigenvalue weighted by molar-refractivity contribution is 5.89. The molecule has 1 aliphatic heterocycles. The maximum Gasteiger partial charge on any atom is 0.247 e. The fraction of sp³-hybridized carbons (Fsp3) is 0.355. The molecule has 202 valence electrons. The van der Waals surface area contributed by atoms with Crippen LogP contribution >= 0.6 is 0 Å². The second kappa shape index (κ2) is 12.2. The van der Waals surface area contributed by atoms with E-state index in [1.165, 1.54) is 0 Å². The third-order valence-electron chi connectivity index (χ3n) is 7.39. The van der Waals surface area contributed by atoms with Gasteiger partial charge in [-0.05, 0) is 61.9 Å². The molecular weight excluding hydrogens is 490 g/mol. The topological polar surface area (TPSA) is 89.4 Å². The number of carbonyl (C=O) groups is 2. The van der Waals surface area contributed by atoms with Crippen molar-refractivity contribution < 1.29 is 14.3 Å². The Morgan fingerprint density at radius 3 is 2.59 bits per heavy atom. The van der Waals surface area contributed by atoms with Gasteiger partial charge in [-0.15, -0.1) is 5.10 Å². The monoisotopic (exact) mass is 525 g/mol. The summed E-state index contributed by atoms with van der Waals surface area (Å²) in [6.45, 7) is 5.57. The molecule has 1 N–H and O–H groups in total. The van der Waals surface area contributed by atoms with Crippen LogP contribution in [0.4, 0.5) is 0 Å². The summed E-state index contributed by atoms with van der Waals surface area (Å²) in [7, 11) is 0. The fourth-order valence-corrected chi connectivity index (χ4v) is 5.12. The molecule has 1 aromatic heterocycles. The molecule has 1 aliphatic rings. The van der Waals surface area contributed by atoms with Crippen LogP contribution in [-0.4, -0.2) is 57.5 Å². The summed E-state index contributed by atoms with van der Waals surface area (Å²) in [5, 5.41) is 11.5. The lowest BCUT2D eigenvalue weighted by molar-refractivity contribution is -0.141. The van der Waals surface area contributed by atoms with Crippen molar-refractivity contribution in [2.75, 3.05) is 19.7 Å². The first-order valence-electron chi connectivity index (χ1n) is 13.6. The molecule has 2 atom stereocenters. The summed E-state index contributed by atoms with van der Waals surface area (Å²) in [6, 6.07) is 22.7. The van der Waals surface area contributed by atoms with Gasteiger partial charge in [0.2, 0.25) is 11.8 Å². The van der Waals surface area contributed by atoms with Crippen molar-refractivity contribution in [2.24, 2.45) is 0 Å². The van der Waals surface area contributed by atoms with E-state index in [0.717, 1.165) is 52.7 Å². The largest absolute Gasteiger partial charge is 0.376 e. The maximum atomic E-state index is 14.0. The number of hydrogen-bond donors (Lipinski definition) is 1. The predicted molar refractivity (Wildman–Crippen MR) is 150 cm³/mol. The van der Waals surface area contributed by atoms with E-state index >= 15 is 0 Å². The number of nitrogens with one attached hydrogen (secondary N) is 1. The zero-order valence-corrected chi connectivity index (χ0v) is 22.5. The summed E-state index contributed by atoms with van der Waals surface area (Å²) in [5.74, 6) is -0.409. The molecule has 8 nitrogen and oxygen atoms in total. The lowest BCUT2D eigenvalue weighted by Gasteiger charge is -2.32. The van der Waals surface area contributed by atoms with Crippen LogP contribution in [0, 0.1) is 13.8 Å². The predicted octanol–water partition coefficient (Wildman–Crippen LogP) is 4.16. The quantitative estimate of drug-likeness (QED) is 0.336. The van der Waals surface area contributed by atoms with Gasteiger partial charge in [0.15, 0.2) is 0 Å². The number of para-hydroxylation sites is 1. The number of rotatable bonds is 10. The van der Waals surface area contributed by atoms with E-state index in [2.05, 4.69) is 34.7 Å². The zero-order chi connectivity index (χ0) is 27.2. The van der Waals surface area contributed by atoms with E-state index in [4.69, 9.17) is 4.74 Å².